The van der Waals surface area contributed by atoms with Crippen LogP contribution in [-0.2, 0) is 4.74 Å². The summed E-state index contributed by atoms with van der Waals surface area (Å²) >= 11 is 0. The Labute approximate surface area is 144 Å². The van der Waals surface area contributed by atoms with Crippen LogP contribution in [0.15, 0.2) is 24.3 Å². The topological polar surface area (TPSA) is 51.2 Å². The van der Waals surface area contributed by atoms with E-state index < -0.39 is 0 Å². The molecule has 0 unspecified atom stereocenters. The lowest BCUT2D eigenvalue weighted by Gasteiger charge is -2.40. The van der Waals surface area contributed by atoms with Crippen molar-refractivity contribution in [2.45, 2.75) is 38.3 Å². The van der Waals surface area contributed by atoms with Crippen LogP contribution in [0, 0.1) is 5.92 Å². The number of aliphatic hydroxyl groups is 1. The number of ether oxygens (including phenoxy) is 3. The molecular weight excluding hydrogens is 306 g/mol. The Morgan fingerprint density at radius 1 is 1.21 bits per heavy atom. The van der Waals surface area contributed by atoms with E-state index in [9.17, 15) is 5.11 Å². The zero-order chi connectivity index (χ0) is 16.8. The highest BCUT2D eigenvalue weighted by atomic mass is 16.5. The summed E-state index contributed by atoms with van der Waals surface area (Å²) in [7, 11) is 0. The van der Waals surface area contributed by atoms with E-state index in [1.54, 1.807) is 0 Å². The molecule has 2 fully saturated rings. The lowest BCUT2D eigenvalue weighted by molar-refractivity contribution is -0.0532. The largest absolute Gasteiger partial charge is 0.490 e. The molecule has 1 aromatic rings. The Bertz CT molecular complexity index is 510. The van der Waals surface area contributed by atoms with Crippen LogP contribution in [0.2, 0.25) is 0 Å². The average molecular weight is 335 g/mol. The number of aliphatic hydroxyl groups excluding tert-OH is 1. The first-order chi connectivity index (χ1) is 11.8. The zero-order valence-corrected chi connectivity index (χ0v) is 14.5. The van der Waals surface area contributed by atoms with E-state index in [0.29, 0.717) is 25.2 Å². The van der Waals surface area contributed by atoms with Crippen LogP contribution in [0.25, 0.3) is 0 Å². The number of morpholine rings is 1. The van der Waals surface area contributed by atoms with Crippen LogP contribution >= 0.6 is 0 Å². The Hall–Kier alpha value is -1.30. The van der Waals surface area contributed by atoms with Crippen molar-refractivity contribution in [2.75, 3.05) is 39.5 Å². The van der Waals surface area contributed by atoms with Crippen LogP contribution in [0.4, 0.5) is 0 Å². The van der Waals surface area contributed by atoms with Gasteiger partial charge in [-0.1, -0.05) is 18.6 Å². The predicted molar refractivity (Wildman–Crippen MR) is 92.6 cm³/mol. The quantitative estimate of drug-likeness (QED) is 0.829. The maximum atomic E-state index is 10.2. The summed E-state index contributed by atoms with van der Waals surface area (Å²) in [6.45, 7) is 6.45. The summed E-state index contributed by atoms with van der Waals surface area (Å²) in [6.07, 6.45) is 2.96. The Morgan fingerprint density at radius 2 is 2.00 bits per heavy atom. The van der Waals surface area contributed by atoms with Gasteiger partial charge in [0.15, 0.2) is 11.5 Å². The highest BCUT2D eigenvalue weighted by Crippen LogP contribution is 2.32. The molecule has 0 spiro atoms. The lowest BCUT2D eigenvalue weighted by Crippen LogP contribution is -2.52. The number of hydrogen-bond acceptors (Lipinski definition) is 5. The van der Waals surface area contributed by atoms with Crippen LogP contribution in [0.1, 0.15) is 26.2 Å². The second-order valence-corrected chi connectivity index (χ2v) is 6.57. The molecule has 1 N–H and O–H groups in total. The number of benzene rings is 1. The Morgan fingerprint density at radius 3 is 2.71 bits per heavy atom. The molecule has 3 rings (SSSR count). The second-order valence-electron chi connectivity index (χ2n) is 6.57. The monoisotopic (exact) mass is 335 g/mol. The fourth-order valence-corrected chi connectivity index (χ4v) is 3.86. The fourth-order valence-electron chi connectivity index (χ4n) is 3.86. The van der Waals surface area contributed by atoms with Crippen molar-refractivity contribution in [1.82, 2.24) is 4.90 Å². The van der Waals surface area contributed by atoms with Gasteiger partial charge in [-0.15, -0.1) is 0 Å². The standard InChI is InChI=1S/C19H29NO4/c1-2-23-18-8-3-4-9-19(18)24-13-11-20-10-12-22-14-16(20)15-6-5-7-17(15)21/h3-4,8-9,15-17,21H,2,5-7,10-14H2,1H3/t15-,16+,17-/m0/s1. The van der Waals surface area contributed by atoms with Gasteiger partial charge in [0.2, 0.25) is 0 Å². The van der Waals surface area contributed by atoms with E-state index >= 15 is 0 Å². The molecule has 0 bridgehead atoms. The first-order valence-corrected chi connectivity index (χ1v) is 9.14. The van der Waals surface area contributed by atoms with Gasteiger partial charge in [0.05, 0.1) is 25.9 Å². The number of rotatable bonds is 7. The normalized spacial score (nSPS) is 28.0. The van der Waals surface area contributed by atoms with Crippen molar-refractivity contribution >= 4 is 0 Å². The van der Waals surface area contributed by atoms with E-state index in [4.69, 9.17) is 14.2 Å². The van der Waals surface area contributed by atoms with Gasteiger partial charge in [-0.25, -0.2) is 0 Å². The number of hydrogen-bond donors (Lipinski definition) is 1. The molecule has 1 aromatic carbocycles. The molecule has 2 aliphatic rings. The molecule has 1 saturated heterocycles. The minimum Gasteiger partial charge on any atom is -0.490 e. The van der Waals surface area contributed by atoms with Gasteiger partial charge in [0.25, 0.3) is 0 Å². The van der Waals surface area contributed by atoms with Gasteiger partial charge in [-0.3, -0.25) is 4.90 Å². The molecule has 3 atom stereocenters. The van der Waals surface area contributed by atoms with Crippen molar-refractivity contribution < 1.29 is 19.3 Å². The van der Waals surface area contributed by atoms with E-state index in [1.165, 1.54) is 0 Å². The van der Waals surface area contributed by atoms with Crippen LogP contribution in [0.5, 0.6) is 11.5 Å². The summed E-state index contributed by atoms with van der Waals surface area (Å²) in [5, 5.41) is 10.2. The van der Waals surface area contributed by atoms with Crippen molar-refractivity contribution in [3.05, 3.63) is 24.3 Å². The summed E-state index contributed by atoms with van der Waals surface area (Å²) in [6, 6.07) is 8.11. The highest BCUT2D eigenvalue weighted by molar-refractivity contribution is 5.39. The number of para-hydroxylation sites is 2. The van der Waals surface area contributed by atoms with Gasteiger partial charge in [0, 0.05) is 25.0 Å². The van der Waals surface area contributed by atoms with Crippen molar-refractivity contribution in [2.24, 2.45) is 5.92 Å². The van der Waals surface area contributed by atoms with Gasteiger partial charge in [-0.05, 0) is 31.9 Å². The molecule has 0 radical (unpaired) electrons. The third kappa shape index (κ3) is 4.21. The Balaban J connectivity index is 1.55. The molecule has 5 nitrogen and oxygen atoms in total. The minimum atomic E-state index is -0.182. The van der Waals surface area contributed by atoms with E-state index in [2.05, 4.69) is 4.90 Å². The SMILES string of the molecule is CCOc1ccccc1OCCN1CCOC[C@@H]1[C@@H]1CCC[C@@H]1O. The maximum absolute atomic E-state index is 10.2. The second kappa shape index (κ2) is 8.70. The van der Waals surface area contributed by atoms with Crippen LogP contribution in [-0.4, -0.2) is 61.7 Å². The molecule has 0 amide bonds. The molecular formula is C19H29NO4. The van der Waals surface area contributed by atoms with Crippen molar-refractivity contribution in [1.29, 1.82) is 0 Å². The third-order valence-electron chi connectivity index (χ3n) is 5.09. The average Bonchev–Trinajstić information content (AvgIpc) is 3.03. The van der Waals surface area contributed by atoms with Gasteiger partial charge < -0.3 is 19.3 Å². The molecule has 5 heteroatoms. The van der Waals surface area contributed by atoms with Gasteiger partial charge in [-0.2, -0.15) is 0 Å². The zero-order valence-electron chi connectivity index (χ0n) is 14.5. The molecule has 1 heterocycles. The molecule has 134 valence electrons. The van der Waals surface area contributed by atoms with Crippen molar-refractivity contribution in [3.8, 4) is 11.5 Å². The highest BCUT2D eigenvalue weighted by Gasteiger charge is 2.37. The fraction of sp³-hybridized carbons (Fsp3) is 0.684. The molecule has 0 aromatic heterocycles. The predicted octanol–water partition coefficient (Wildman–Crippen LogP) is 2.33. The molecule has 1 aliphatic carbocycles. The van der Waals surface area contributed by atoms with Crippen molar-refractivity contribution in [3.63, 3.8) is 0 Å². The molecule has 1 aliphatic heterocycles. The first-order valence-electron chi connectivity index (χ1n) is 9.14. The minimum absolute atomic E-state index is 0.182. The Kier molecular flexibility index (Phi) is 6.35. The lowest BCUT2D eigenvalue weighted by atomic mass is 9.94. The smallest absolute Gasteiger partial charge is 0.161 e. The maximum Gasteiger partial charge on any atom is 0.161 e. The van der Waals surface area contributed by atoms with Crippen LogP contribution < -0.4 is 9.47 Å². The van der Waals surface area contributed by atoms with Gasteiger partial charge >= 0.3 is 0 Å². The van der Waals surface area contributed by atoms with Gasteiger partial charge in [0.1, 0.15) is 6.61 Å². The molecule has 1 saturated carbocycles. The summed E-state index contributed by atoms with van der Waals surface area (Å²) in [5.41, 5.74) is 0. The first kappa shape index (κ1) is 17.5. The molecule has 24 heavy (non-hydrogen) atoms. The summed E-state index contributed by atoms with van der Waals surface area (Å²) in [4.78, 5) is 2.42. The summed E-state index contributed by atoms with van der Waals surface area (Å²) < 4.78 is 17.2. The third-order valence-corrected chi connectivity index (χ3v) is 5.09. The van der Waals surface area contributed by atoms with E-state index in [1.807, 2.05) is 31.2 Å². The number of nitrogens with zero attached hydrogens (tertiary/aromatic N) is 1. The van der Waals surface area contributed by atoms with E-state index in [-0.39, 0.29) is 6.10 Å². The summed E-state index contributed by atoms with van der Waals surface area (Å²) in [5.74, 6) is 1.93. The van der Waals surface area contributed by atoms with E-state index in [0.717, 1.165) is 57.1 Å². The van der Waals surface area contributed by atoms with Crippen LogP contribution in [0.3, 0.4) is 0 Å².